The topological polar surface area (TPSA) is 61.0 Å². The normalized spacial score (nSPS) is 10.8. The molecule has 4 nitrogen and oxygen atoms in total. The van der Waals surface area contributed by atoms with Crippen molar-refractivity contribution >= 4 is 11.9 Å². The Morgan fingerprint density at radius 3 is 2.75 bits per heavy atom. The largest absolute Gasteiger partial charge is 0.473 e. The number of rotatable bonds is 6. The number of benzene rings is 1. The standard InChI is InChI=1S/C16H19N3O/c1-2-7-14-15(17)18-12-19-16(14)20-11-6-10-13-8-4-3-5-9-13/h3-6,8-10,12H,2,7,11H2,1H3,(H2,17,18,19)/b10-6+. The molecule has 0 fully saturated rings. The Labute approximate surface area is 119 Å². The minimum absolute atomic E-state index is 0.460. The second kappa shape index (κ2) is 7.28. The van der Waals surface area contributed by atoms with Crippen LogP contribution in [0.3, 0.4) is 0 Å². The smallest absolute Gasteiger partial charge is 0.222 e. The molecular formula is C16H19N3O. The molecule has 2 aromatic rings. The molecule has 0 aliphatic heterocycles. The minimum atomic E-state index is 0.460. The summed E-state index contributed by atoms with van der Waals surface area (Å²) in [4.78, 5) is 8.16. The third-order valence-electron chi connectivity index (χ3n) is 2.87. The number of nitrogens with two attached hydrogens (primary N) is 1. The summed E-state index contributed by atoms with van der Waals surface area (Å²) in [6.07, 6.45) is 7.22. The van der Waals surface area contributed by atoms with Crippen LogP contribution in [0.5, 0.6) is 5.88 Å². The van der Waals surface area contributed by atoms with Gasteiger partial charge in [-0.1, -0.05) is 49.8 Å². The molecule has 2 rings (SSSR count). The van der Waals surface area contributed by atoms with Crippen molar-refractivity contribution in [3.05, 3.63) is 53.9 Å². The van der Waals surface area contributed by atoms with Gasteiger partial charge in [0.25, 0.3) is 0 Å². The molecule has 1 aromatic heterocycles. The van der Waals surface area contributed by atoms with Crippen LogP contribution in [0, 0.1) is 0 Å². The molecule has 1 aromatic carbocycles. The van der Waals surface area contributed by atoms with Gasteiger partial charge in [0.15, 0.2) is 0 Å². The second-order valence-electron chi connectivity index (χ2n) is 4.42. The predicted octanol–water partition coefficient (Wildman–Crippen LogP) is 3.10. The van der Waals surface area contributed by atoms with Crippen molar-refractivity contribution < 1.29 is 4.74 Å². The SMILES string of the molecule is CCCc1c(N)ncnc1OC/C=C/c1ccccc1. The number of nitrogens with zero attached hydrogens (tertiary/aromatic N) is 2. The van der Waals surface area contributed by atoms with Crippen molar-refractivity contribution in [2.24, 2.45) is 0 Å². The van der Waals surface area contributed by atoms with Crippen molar-refractivity contribution in [3.63, 3.8) is 0 Å². The lowest BCUT2D eigenvalue weighted by atomic mass is 10.2. The number of hydrogen-bond acceptors (Lipinski definition) is 4. The predicted molar refractivity (Wildman–Crippen MR) is 81.4 cm³/mol. The summed E-state index contributed by atoms with van der Waals surface area (Å²) < 4.78 is 5.67. The summed E-state index contributed by atoms with van der Waals surface area (Å²) in [5, 5.41) is 0. The molecule has 0 aliphatic rings. The quantitative estimate of drug-likeness (QED) is 0.875. The number of aromatic nitrogens is 2. The maximum atomic E-state index is 5.85. The number of hydrogen-bond donors (Lipinski definition) is 1. The van der Waals surface area contributed by atoms with E-state index in [0.717, 1.165) is 24.0 Å². The van der Waals surface area contributed by atoms with Gasteiger partial charge in [0, 0.05) is 0 Å². The van der Waals surface area contributed by atoms with Crippen LogP contribution in [0.2, 0.25) is 0 Å². The Bertz CT molecular complexity index is 567. The number of nitrogen functional groups attached to an aromatic ring is 1. The molecule has 20 heavy (non-hydrogen) atoms. The average Bonchev–Trinajstić information content (AvgIpc) is 2.48. The maximum Gasteiger partial charge on any atom is 0.222 e. The summed E-state index contributed by atoms with van der Waals surface area (Å²) in [7, 11) is 0. The van der Waals surface area contributed by atoms with E-state index in [9.17, 15) is 0 Å². The summed E-state index contributed by atoms with van der Waals surface area (Å²) >= 11 is 0. The Morgan fingerprint density at radius 1 is 1.20 bits per heavy atom. The van der Waals surface area contributed by atoms with Crippen LogP contribution in [-0.2, 0) is 6.42 Å². The molecule has 4 heteroatoms. The highest BCUT2D eigenvalue weighted by molar-refractivity contribution is 5.49. The Hall–Kier alpha value is -2.36. The first-order chi connectivity index (χ1) is 9.81. The average molecular weight is 269 g/mol. The third kappa shape index (κ3) is 3.82. The molecule has 0 bridgehead atoms. The van der Waals surface area contributed by atoms with Crippen LogP contribution in [0.25, 0.3) is 6.08 Å². The molecule has 1 heterocycles. The van der Waals surface area contributed by atoms with Gasteiger partial charge in [-0.3, -0.25) is 0 Å². The minimum Gasteiger partial charge on any atom is -0.473 e. The van der Waals surface area contributed by atoms with Gasteiger partial charge in [0.05, 0.1) is 5.56 Å². The van der Waals surface area contributed by atoms with E-state index in [-0.39, 0.29) is 0 Å². The van der Waals surface area contributed by atoms with E-state index in [1.807, 2.05) is 42.5 Å². The van der Waals surface area contributed by atoms with Gasteiger partial charge in [0.1, 0.15) is 18.8 Å². The van der Waals surface area contributed by atoms with E-state index in [0.29, 0.717) is 18.3 Å². The van der Waals surface area contributed by atoms with Crippen molar-refractivity contribution in [2.75, 3.05) is 12.3 Å². The first-order valence-corrected chi connectivity index (χ1v) is 6.75. The van der Waals surface area contributed by atoms with Crippen LogP contribution >= 0.6 is 0 Å². The molecule has 0 atom stereocenters. The molecule has 0 radical (unpaired) electrons. The molecule has 0 saturated heterocycles. The molecule has 2 N–H and O–H groups in total. The fourth-order valence-corrected chi connectivity index (χ4v) is 1.89. The van der Waals surface area contributed by atoms with Crippen molar-refractivity contribution in [3.8, 4) is 5.88 Å². The molecular weight excluding hydrogens is 250 g/mol. The van der Waals surface area contributed by atoms with E-state index >= 15 is 0 Å². The second-order valence-corrected chi connectivity index (χ2v) is 4.42. The third-order valence-corrected chi connectivity index (χ3v) is 2.87. The van der Waals surface area contributed by atoms with Gasteiger partial charge in [-0.15, -0.1) is 0 Å². The van der Waals surface area contributed by atoms with Gasteiger partial charge in [-0.25, -0.2) is 9.97 Å². The molecule has 0 unspecified atom stereocenters. The lowest BCUT2D eigenvalue weighted by molar-refractivity contribution is 0.344. The summed E-state index contributed by atoms with van der Waals surface area (Å²) in [5.41, 5.74) is 7.89. The van der Waals surface area contributed by atoms with E-state index in [2.05, 4.69) is 16.9 Å². The van der Waals surface area contributed by atoms with Gasteiger partial charge in [-0.05, 0) is 18.1 Å². The van der Waals surface area contributed by atoms with Crippen molar-refractivity contribution in [1.82, 2.24) is 9.97 Å². The Morgan fingerprint density at radius 2 is 2.00 bits per heavy atom. The highest BCUT2D eigenvalue weighted by Crippen LogP contribution is 2.21. The lowest BCUT2D eigenvalue weighted by Gasteiger charge is -2.09. The Balaban J connectivity index is 1.97. The number of anilines is 1. The summed E-state index contributed by atoms with van der Waals surface area (Å²) in [5.74, 6) is 1.08. The van der Waals surface area contributed by atoms with Gasteiger partial charge >= 0.3 is 0 Å². The first-order valence-electron chi connectivity index (χ1n) is 6.75. The zero-order chi connectivity index (χ0) is 14.2. The van der Waals surface area contributed by atoms with Crippen LogP contribution in [0.1, 0.15) is 24.5 Å². The van der Waals surface area contributed by atoms with E-state index < -0.39 is 0 Å². The molecule has 0 saturated carbocycles. The van der Waals surface area contributed by atoms with Gasteiger partial charge < -0.3 is 10.5 Å². The fourth-order valence-electron chi connectivity index (χ4n) is 1.89. The molecule has 0 spiro atoms. The lowest BCUT2D eigenvalue weighted by Crippen LogP contribution is -2.05. The fraction of sp³-hybridized carbons (Fsp3) is 0.250. The van der Waals surface area contributed by atoms with E-state index in [1.165, 1.54) is 6.33 Å². The highest BCUT2D eigenvalue weighted by atomic mass is 16.5. The zero-order valence-corrected chi connectivity index (χ0v) is 11.6. The van der Waals surface area contributed by atoms with Gasteiger partial charge in [0.2, 0.25) is 5.88 Å². The first kappa shape index (κ1) is 14.1. The Kier molecular flexibility index (Phi) is 5.12. The van der Waals surface area contributed by atoms with E-state index in [1.54, 1.807) is 0 Å². The van der Waals surface area contributed by atoms with Crippen LogP contribution in [0.15, 0.2) is 42.7 Å². The summed E-state index contributed by atoms with van der Waals surface area (Å²) in [6, 6.07) is 10.1. The van der Waals surface area contributed by atoms with Crippen molar-refractivity contribution in [2.45, 2.75) is 19.8 Å². The maximum absolute atomic E-state index is 5.85. The van der Waals surface area contributed by atoms with E-state index in [4.69, 9.17) is 10.5 Å². The number of ether oxygens (including phenoxy) is 1. The van der Waals surface area contributed by atoms with Crippen LogP contribution in [-0.4, -0.2) is 16.6 Å². The molecule has 0 amide bonds. The van der Waals surface area contributed by atoms with Crippen LogP contribution in [0.4, 0.5) is 5.82 Å². The molecule has 104 valence electrons. The highest BCUT2D eigenvalue weighted by Gasteiger charge is 2.08. The monoisotopic (exact) mass is 269 g/mol. The van der Waals surface area contributed by atoms with Crippen molar-refractivity contribution in [1.29, 1.82) is 0 Å². The summed E-state index contributed by atoms with van der Waals surface area (Å²) in [6.45, 7) is 2.55. The molecule has 0 aliphatic carbocycles. The zero-order valence-electron chi connectivity index (χ0n) is 11.6. The van der Waals surface area contributed by atoms with Crippen LogP contribution < -0.4 is 10.5 Å². The van der Waals surface area contributed by atoms with Gasteiger partial charge in [-0.2, -0.15) is 0 Å².